The first-order valence-electron chi connectivity index (χ1n) is 7.98. The van der Waals surface area contributed by atoms with Crippen molar-refractivity contribution >= 4 is 15.9 Å². The Labute approximate surface area is 142 Å². The van der Waals surface area contributed by atoms with Crippen LogP contribution in [-0.4, -0.2) is 32.5 Å². The van der Waals surface area contributed by atoms with Gasteiger partial charge >= 0.3 is 0 Å². The summed E-state index contributed by atoms with van der Waals surface area (Å²) in [5.41, 5.74) is 1.16. The quantitative estimate of drug-likeness (QED) is 0.591. The fourth-order valence-corrected chi connectivity index (χ4v) is 2.46. The fourth-order valence-electron chi connectivity index (χ4n) is 1.99. The average molecular weight is 374 g/mol. The molecule has 5 heteroatoms. The van der Waals surface area contributed by atoms with E-state index in [4.69, 9.17) is 14.2 Å². The van der Waals surface area contributed by atoms with Crippen LogP contribution in [0.3, 0.4) is 0 Å². The predicted octanol–water partition coefficient (Wildman–Crippen LogP) is 4.15. The molecule has 1 N–H and O–H groups in total. The van der Waals surface area contributed by atoms with E-state index in [0.29, 0.717) is 6.61 Å². The van der Waals surface area contributed by atoms with Crippen molar-refractivity contribution in [3.63, 3.8) is 0 Å². The van der Waals surface area contributed by atoms with Crippen molar-refractivity contribution in [2.24, 2.45) is 0 Å². The van der Waals surface area contributed by atoms with Gasteiger partial charge in [0, 0.05) is 24.2 Å². The molecule has 1 aromatic rings. The summed E-state index contributed by atoms with van der Waals surface area (Å²) in [5.74, 6) is 1.58. The first-order valence-corrected chi connectivity index (χ1v) is 8.78. The molecule has 0 amide bonds. The normalized spacial score (nSPS) is 11.0. The molecule has 0 bridgehead atoms. The number of hydrogen-bond acceptors (Lipinski definition) is 4. The molecule has 1 rings (SSSR count). The molecule has 0 aliphatic rings. The molecule has 0 unspecified atom stereocenters. The topological polar surface area (TPSA) is 39.7 Å². The van der Waals surface area contributed by atoms with E-state index in [1.807, 2.05) is 39.8 Å². The van der Waals surface area contributed by atoms with E-state index in [9.17, 15) is 0 Å². The minimum Gasteiger partial charge on any atom is -0.490 e. The lowest BCUT2D eigenvalue weighted by Gasteiger charge is -2.17. The number of hydrogen-bond donors (Lipinski definition) is 1. The maximum absolute atomic E-state index is 5.81. The molecule has 0 spiro atoms. The van der Waals surface area contributed by atoms with E-state index in [1.165, 1.54) is 0 Å². The molecule has 0 fully saturated rings. The Balaban J connectivity index is 2.64. The Morgan fingerprint density at radius 3 is 2.55 bits per heavy atom. The highest BCUT2D eigenvalue weighted by atomic mass is 79.9. The van der Waals surface area contributed by atoms with Crippen LogP contribution in [-0.2, 0) is 11.3 Å². The Hall–Kier alpha value is -0.780. The van der Waals surface area contributed by atoms with Gasteiger partial charge in [-0.3, -0.25) is 0 Å². The van der Waals surface area contributed by atoms with Crippen LogP contribution in [0.5, 0.6) is 11.5 Å². The first-order chi connectivity index (χ1) is 10.6. The van der Waals surface area contributed by atoms with Crippen molar-refractivity contribution in [1.29, 1.82) is 0 Å². The molecule has 0 saturated carbocycles. The monoisotopic (exact) mass is 373 g/mol. The number of halogens is 1. The van der Waals surface area contributed by atoms with E-state index >= 15 is 0 Å². The van der Waals surface area contributed by atoms with E-state index in [0.717, 1.165) is 54.3 Å². The second kappa shape index (κ2) is 10.9. The van der Waals surface area contributed by atoms with Crippen LogP contribution < -0.4 is 14.8 Å². The number of nitrogens with one attached hydrogen (secondary N) is 1. The summed E-state index contributed by atoms with van der Waals surface area (Å²) in [6.07, 6.45) is 1.13. The van der Waals surface area contributed by atoms with Crippen molar-refractivity contribution in [3.8, 4) is 11.5 Å². The Bertz CT molecular complexity index is 438. The summed E-state index contributed by atoms with van der Waals surface area (Å²) in [4.78, 5) is 0. The van der Waals surface area contributed by atoms with Gasteiger partial charge in [0.25, 0.3) is 0 Å². The molecule has 22 heavy (non-hydrogen) atoms. The van der Waals surface area contributed by atoms with Gasteiger partial charge in [0.1, 0.15) is 0 Å². The Kier molecular flexibility index (Phi) is 9.52. The maximum atomic E-state index is 5.81. The van der Waals surface area contributed by atoms with Crippen LogP contribution in [0.15, 0.2) is 16.6 Å². The third-order valence-electron chi connectivity index (χ3n) is 2.94. The SMILES string of the molecule is CCOCCCNCc1cc(OCC)c(OC(C)C)cc1Br. The Morgan fingerprint density at radius 2 is 1.91 bits per heavy atom. The summed E-state index contributed by atoms with van der Waals surface area (Å²) in [6.45, 7) is 11.9. The minimum atomic E-state index is 0.119. The molecule has 0 radical (unpaired) electrons. The largest absolute Gasteiger partial charge is 0.490 e. The number of rotatable bonds is 11. The van der Waals surface area contributed by atoms with Crippen LogP contribution in [0.1, 0.15) is 39.7 Å². The van der Waals surface area contributed by atoms with Gasteiger partial charge in [-0.2, -0.15) is 0 Å². The highest BCUT2D eigenvalue weighted by Gasteiger charge is 2.12. The van der Waals surface area contributed by atoms with Gasteiger partial charge in [0.05, 0.1) is 12.7 Å². The molecule has 0 heterocycles. The number of ether oxygens (including phenoxy) is 3. The van der Waals surface area contributed by atoms with Crippen molar-refractivity contribution in [1.82, 2.24) is 5.32 Å². The molecule has 126 valence electrons. The highest BCUT2D eigenvalue weighted by molar-refractivity contribution is 9.10. The average Bonchev–Trinajstić information content (AvgIpc) is 2.46. The molecule has 0 aliphatic heterocycles. The standard InChI is InChI=1S/C17H28BrNO3/c1-5-20-9-7-8-19-12-14-10-16(21-6-2)17(11-15(14)18)22-13(3)4/h10-11,13,19H,5-9,12H2,1-4H3. The van der Waals surface area contributed by atoms with Crippen molar-refractivity contribution in [2.75, 3.05) is 26.4 Å². The van der Waals surface area contributed by atoms with Gasteiger partial charge in [0.15, 0.2) is 11.5 Å². The van der Waals surface area contributed by atoms with Crippen LogP contribution in [0.2, 0.25) is 0 Å². The molecule has 0 aliphatic carbocycles. The summed E-state index contributed by atoms with van der Waals surface area (Å²) >= 11 is 3.62. The molecule has 0 saturated heterocycles. The second-order valence-electron chi connectivity index (χ2n) is 5.22. The highest BCUT2D eigenvalue weighted by Crippen LogP contribution is 2.34. The first kappa shape index (κ1) is 19.3. The van der Waals surface area contributed by atoms with Crippen molar-refractivity contribution < 1.29 is 14.2 Å². The van der Waals surface area contributed by atoms with Gasteiger partial charge in [-0.15, -0.1) is 0 Å². The molecule has 4 nitrogen and oxygen atoms in total. The zero-order chi connectivity index (χ0) is 16.4. The van der Waals surface area contributed by atoms with E-state index in [1.54, 1.807) is 0 Å². The molecule has 0 aromatic heterocycles. The maximum Gasteiger partial charge on any atom is 0.162 e. The summed E-state index contributed by atoms with van der Waals surface area (Å²) in [6, 6.07) is 4.03. The van der Waals surface area contributed by atoms with Gasteiger partial charge in [0.2, 0.25) is 0 Å². The van der Waals surface area contributed by atoms with Crippen LogP contribution in [0.25, 0.3) is 0 Å². The lowest BCUT2D eigenvalue weighted by molar-refractivity contribution is 0.144. The van der Waals surface area contributed by atoms with Gasteiger partial charge in [-0.25, -0.2) is 0 Å². The van der Waals surface area contributed by atoms with E-state index in [-0.39, 0.29) is 6.10 Å². The van der Waals surface area contributed by atoms with Gasteiger partial charge in [-0.1, -0.05) is 15.9 Å². The van der Waals surface area contributed by atoms with Crippen molar-refractivity contribution in [3.05, 3.63) is 22.2 Å². The Morgan fingerprint density at radius 1 is 1.14 bits per heavy atom. The summed E-state index contributed by atoms with van der Waals surface area (Å²) < 4.78 is 17.9. The molecule has 0 atom stereocenters. The van der Waals surface area contributed by atoms with Crippen LogP contribution in [0, 0.1) is 0 Å². The summed E-state index contributed by atoms with van der Waals surface area (Å²) in [5, 5.41) is 3.42. The molecule has 1 aromatic carbocycles. The van der Waals surface area contributed by atoms with Gasteiger partial charge in [-0.05, 0) is 58.4 Å². The second-order valence-corrected chi connectivity index (χ2v) is 6.07. The molecular weight excluding hydrogens is 346 g/mol. The third kappa shape index (κ3) is 6.99. The lowest BCUT2D eigenvalue weighted by Crippen LogP contribution is -2.17. The van der Waals surface area contributed by atoms with Crippen molar-refractivity contribution in [2.45, 2.75) is 46.8 Å². The lowest BCUT2D eigenvalue weighted by atomic mass is 10.2. The van der Waals surface area contributed by atoms with E-state index in [2.05, 4.69) is 21.2 Å². The zero-order valence-corrected chi connectivity index (χ0v) is 15.7. The fraction of sp³-hybridized carbons (Fsp3) is 0.647. The van der Waals surface area contributed by atoms with Crippen LogP contribution >= 0.6 is 15.9 Å². The zero-order valence-electron chi connectivity index (χ0n) is 14.1. The predicted molar refractivity (Wildman–Crippen MR) is 93.9 cm³/mol. The van der Waals surface area contributed by atoms with Gasteiger partial charge < -0.3 is 19.5 Å². The smallest absolute Gasteiger partial charge is 0.162 e. The molecular formula is C17H28BrNO3. The van der Waals surface area contributed by atoms with E-state index < -0.39 is 0 Å². The summed E-state index contributed by atoms with van der Waals surface area (Å²) in [7, 11) is 0. The third-order valence-corrected chi connectivity index (χ3v) is 3.68. The number of benzene rings is 1. The minimum absolute atomic E-state index is 0.119. The van der Waals surface area contributed by atoms with Crippen LogP contribution in [0.4, 0.5) is 0 Å².